The number of anilines is 2. The molecule has 0 radical (unpaired) electrons. The number of hydrogen-bond donors (Lipinski definition) is 0. The van der Waals surface area contributed by atoms with E-state index in [4.69, 9.17) is 9.97 Å². The number of rotatable bonds is 2. The van der Waals surface area contributed by atoms with Crippen molar-refractivity contribution in [3.8, 4) is 6.19 Å². The second-order valence-corrected chi connectivity index (χ2v) is 8.24. The number of fused-ring (bicyclic) bond motifs is 2. The summed E-state index contributed by atoms with van der Waals surface area (Å²) in [6.07, 6.45) is 2.02. The zero-order valence-corrected chi connectivity index (χ0v) is 18.0. The van der Waals surface area contributed by atoms with Crippen molar-refractivity contribution in [3.05, 3.63) is 59.8 Å². The van der Waals surface area contributed by atoms with Crippen LogP contribution in [-0.2, 0) is 0 Å². The smallest absolute Gasteiger partial charge is 0.217 e. The number of piperazine rings is 1. The van der Waals surface area contributed by atoms with Crippen LogP contribution in [0, 0.1) is 25.3 Å². The summed E-state index contributed by atoms with van der Waals surface area (Å²) in [5.41, 5.74) is 5.06. The van der Waals surface area contributed by atoms with Gasteiger partial charge in [-0.15, -0.1) is 4.99 Å². The predicted octanol–water partition coefficient (Wildman–Crippen LogP) is 3.48. The molecule has 7 nitrogen and oxygen atoms in total. The maximum absolute atomic E-state index is 9.38. The maximum Gasteiger partial charge on any atom is 0.217 e. The van der Waals surface area contributed by atoms with Crippen molar-refractivity contribution >= 4 is 28.5 Å². The fourth-order valence-electron chi connectivity index (χ4n) is 4.86. The minimum absolute atomic E-state index is 0.171. The van der Waals surface area contributed by atoms with Crippen LogP contribution in [0.2, 0.25) is 0 Å². The lowest BCUT2D eigenvalue weighted by atomic mass is 10.1. The molecule has 2 aliphatic heterocycles. The highest BCUT2D eigenvalue weighted by Crippen LogP contribution is 2.34. The highest BCUT2D eigenvalue weighted by atomic mass is 15.5. The normalized spacial score (nSPS) is 22.1. The molecule has 7 heteroatoms. The predicted molar refractivity (Wildman–Crippen MR) is 123 cm³/mol. The van der Waals surface area contributed by atoms with E-state index >= 15 is 0 Å². The monoisotopic (exact) mass is 411 g/mol. The minimum atomic E-state index is 0.171. The number of para-hydroxylation sites is 3. The Bertz CT molecular complexity index is 1210. The summed E-state index contributed by atoms with van der Waals surface area (Å²) in [5.74, 6) is 1.69. The van der Waals surface area contributed by atoms with Gasteiger partial charge in [-0.05, 0) is 44.5 Å². The van der Waals surface area contributed by atoms with E-state index in [9.17, 15) is 5.26 Å². The van der Waals surface area contributed by atoms with E-state index in [-0.39, 0.29) is 12.1 Å². The van der Waals surface area contributed by atoms with Crippen LogP contribution in [0.5, 0.6) is 0 Å². The van der Waals surface area contributed by atoms with Crippen LogP contribution in [0.4, 0.5) is 11.5 Å². The Morgan fingerprint density at radius 3 is 2.45 bits per heavy atom. The van der Waals surface area contributed by atoms with Gasteiger partial charge in [0.15, 0.2) is 5.82 Å². The van der Waals surface area contributed by atoms with Crippen LogP contribution in [0.25, 0.3) is 11.0 Å². The molecule has 0 N–H and O–H groups in total. The zero-order valence-electron chi connectivity index (χ0n) is 18.0. The molecule has 2 unspecified atom stereocenters. The Morgan fingerprint density at radius 1 is 1.00 bits per heavy atom. The van der Waals surface area contributed by atoms with Gasteiger partial charge in [-0.1, -0.05) is 30.3 Å². The second-order valence-electron chi connectivity index (χ2n) is 8.24. The molecule has 0 spiro atoms. The fraction of sp³-hybridized carbons (Fsp3) is 0.333. The van der Waals surface area contributed by atoms with E-state index in [1.807, 2.05) is 49.5 Å². The molecule has 5 rings (SSSR count). The summed E-state index contributed by atoms with van der Waals surface area (Å²) in [7, 11) is 0. The number of aryl methyl sites for hydroxylation is 2. The largest absolute Gasteiger partial charge is 0.351 e. The van der Waals surface area contributed by atoms with Gasteiger partial charge in [0, 0.05) is 25.3 Å². The summed E-state index contributed by atoms with van der Waals surface area (Å²) >= 11 is 0. The zero-order chi connectivity index (χ0) is 21.5. The van der Waals surface area contributed by atoms with Crippen LogP contribution in [0.15, 0.2) is 53.5 Å². The third-order valence-electron chi connectivity index (χ3n) is 6.40. The molecule has 31 heavy (non-hydrogen) atoms. The molecule has 0 bridgehead atoms. The van der Waals surface area contributed by atoms with Crippen LogP contribution in [0.3, 0.4) is 0 Å². The van der Waals surface area contributed by atoms with Gasteiger partial charge in [-0.3, -0.25) is 0 Å². The Labute approximate surface area is 182 Å². The first-order valence-electron chi connectivity index (χ1n) is 10.6. The second kappa shape index (κ2) is 7.55. The van der Waals surface area contributed by atoms with Crippen molar-refractivity contribution in [3.63, 3.8) is 0 Å². The third-order valence-corrected chi connectivity index (χ3v) is 6.40. The molecule has 2 atom stereocenters. The molecule has 2 aliphatic rings. The Balaban J connectivity index is 1.50. The molecule has 156 valence electrons. The molecule has 0 amide bonds. The van der Waals surface area contributed by atoms with Gasteiger partial charge >= 0.3 is 0 Å². The Morgan fingerprint density at radius 2 is 1.71 bits per heavy atom. The summed E-state index contributed by atoms with van der Waals surface area (Å²) in [6.45, 7) is 8.74. The van der Waals surface area contributed by atoms with E-state index in [0.717, 1.165) is 53.8 Å². The van der Waals surface area contributed by atoms with Gasteiger partial charge in [0.25, 0.3) is 0 Å². The number of nitrogens with zero attached hydrogens (tertiary/aromatic N) is 7. The minimum Gasteiger partial charge on any atom is -0.351 e. The lowest BCUT2D eigenvalue weighted by molar-refractivity contribution is 0.288. The number of aliphatic imine (C=N–C) groups is 1. The van der Waals surface area contributed by atoms with Crippen molar-refractivity contribution < 1.29 is 0 Å². The average Bonchev–Trinajstić information content (AvgIpc) is 3.05. The molecule has 0 aliphatic carbocycles. The highest BCUT2D eigenvalue weighted by Gasteiger charge is 2.46. The maximum atomic E-state index is 9.38. The third kappa shape index (κ3) is 3.15. The van der Waals surface area contributed by atoms with Crippen LogP contribution in [0.1, 0.15) is 18.2 Å². The van der Waals surface area contributed by atoms with E-state index < -0.39 is 0 Å². The summed E-state index contributed by atoms with van der Waals surface area (Å²) in [4.78, 5) is 20.8. The summed E-state index contributed by atoms with van der Waals surface area (Å²) < 4.78 is 0. The lowest BCUT2D eigenvalue weighted by Gasteiger charge is -2.39. The Kier molecular flexibility index (Phi) is 4.70. The number of hydrogen-bond acceptors (Lipinski definition) is 5. The number of aromatic nitrogens is 2. The molecule has 2 saturated heterocycles. The molecule has 2 aromatic carbocycles. The lowest BCUT2D eigenvalue weighted by Crippen LogP contribution is -2.54. The van der Waals surface area contributed by atoms with E-state index in [2.05, 4.69) is 45.7 Å². The van der Waals surface area contributed by atoms with Crippen molar-refractivity contribution in [1.82, 2.24) is 14.9 Å². The first-order chi connectivity index (χ1) is 15.1. The molecule has 3 aromatic rings. The molecule has 3 heterocycles. The number of guanidine groups is 1. The van der Waals surface area contributed by atoms with Crippen LogP contribution in [-0.4, -0.2) is 52.5 Å². The van der Waals surface area contributed by atoms with E-state index in [0.29, 0.717) is 0 Å². The summed E-state index contributed by atoms with van der Waals surface area (Å²) in [6, 6.07) is 16.7. The molecule has 2 fully saturated rings. The highest BCUT2D eigenvalue weighted by molar-refractivity contribution is 6.00. The Hall–Kier alpha value is -3.66. The van der Waals surface area contributed by atoms with Gasteiger partial charge < -0.3 is 14.7 Å². The van der Waals surface area contributed by atoms with Crippen molar-refractivity contribution in [2.24, 2.45) is 4.99 Å². The van der Waals surface area contributed by atoms with Crippen LogP contribution < -0.4 is 9.80 Å². The molecular weight excluding hydrogens is 386 g/mol. The van der Waals surface area contributed by atoms with Gasteiger partial charge in [0.2, 0.25) is 12.2 Å². The SMILES string of the molecule is Cc1ccccc1N1C(=NC#N)N2CCN(c3nc4ccccc4nc3C)CC2C1C. The van der Waals surface area contributed by atoms with Gasteiger partial charge in [-0.2, -0.15) is 5.26 Å². The average molecular weight is 412 g/mol. The van der Waals surface area contributed by atoms with Gasteiger partial charge in [0.1, 0.15) is 0 Å². The van der Waals surface area contributed by atoms with Crippen molar-refractivity contribution in [1.29, 1.82) is 5.26 Å². The molecule has 1 aromatic heterocycles. The van der Waals surface area contributed by atoms with E-state index in [1.54, 1.807) is 0 Å². The fourth-order valence-corrected chi connectivity index (χ4v) is 4.86. The van der Waals surface area contributed by atoms with Crippen LogP contribution >= 0.6 is 0 Å². The van der Waals surface area contributed by atoms with Crippen molar-refractivity contribution in [2.45, 2.75) is 32.9 Å². The standard InChI is InChI=1S/C24H25N7/c1-16-8-4-7-11-21(16)31-18(3)22-14-29(12-13-30(22)24(31)26-15-25)23-17(2)27-19-9-5-6-10-20(19)28-23/h4-11,18,22H,12-14H2,1-3H3. The first kappa shape index (κ1) is 19.3. The number of nitriles is 1. The molecule has 0 saturated carbocycles. The topological polar surface area (TPSA) is 71.7 Å². The van der Waals surface area contributed by atoms with E-state index in [1.165, 1.54) is 5.56 Å². The molecular formula is C24H25N7. The first-order valence-corrected chi connectivity index (χ1v) is 10.6. The van der Waals surface area contributed by atoms with Crippen molar-refractivity contribution in [2.75, 3.05) is 29.4 Å². The summed E-state index contributed by atoms with van der Waals surface area (Å²) in [5, 5.41) is 9.38. The quantitative estimate of drug-likeness (QED) is 0.601. The van der Waals surface area contributed by atoms with Gasteiger partial charge in [0.05, 0.1) is 28.8 Å². The number of benzene rings is 2. The van der Waals surface area contributed by atoms with Gasteiger partial charge in [-0.25, -0.2) is 9.97 Å².